The molecule has 0 spiro atoms. The van der Waals surface area contributed by atoms with E-state index in [4.69, 9.17) is 10.5 Å². The van der Waals surface area contributed by atoms with E-state index in [1.54, 1.807) is 7.11 Å². The van der Waals surface area contributed by atoms with Gasteiger partial charge in [0, 0.05) is 15.7 Å². The molecule has 0 bridgehead atoms. The summed E-state index contributed by atoms with van der Waals surface area (Å²) in [6.07, 6.45) is 0. The van der Waals surface area contributed by atoms with Crippen LogP contribution in [-0.2, 0) is 4.79 Å². The van der Waals surface area contributed by atoms with Gasteiger partial charge in [-0.25, -0.2) is 4.98 Å². The first-order valence-corrected chi connectivity index (χ1v) is 7.45. The molecule has 3 rings (SSSR count). The quantitative estimate of drug-likeness (QED) is 0.594. The van der Waals surface area contributed by atoms with Gasteiger partial charge in [-0.15, -0.1) is 11.8 Å². The summed E-state index contributed by atoms with van der Waals surface area (Å²) < 4.78 is 5.29. The summed E-state index contributed by atoms with van der Waals surface area (Å²) in [5.74, 6) is 0.665. The number of rotatable bonds is 4. The van der Waals surface area contributed by atoms with Crippen LogP contribution in [0.1, 0.15) is 0 Å². The van der Waals surface area contributed by atoms with Crippen LogP contribution in [0, 0.1) is 0 Å². The van der Waals surface area contributed by atoms with Crippen molar-refractivity contribution in [3.05, 3.63) is 42.5 Å². The number of pyridine rings is 1. The lowest BCUT2D eigenvalue weighted by Crippen LogP contribution is -2.13. The van der Waals surface area contributed by atoms with Gasteiger partial charge in [0.15, 0.2) is 0 Å². The molecule has 0 saturated carbocycles. The Morgan fingerprint density at radius 3 is 2.71 bits per heavy atom. The molecule has 5 heteroatoms. The second-order valence-corrected chi connectivity index (χ2v) is 5.58. The Morgan fingerprint density at radius 2 is 1.95 bits per heavy atom. The molecule has 1 aromatic heterocycles. The zero-order valence-corrected chi connectivity index (χ0v) is 12.3. The van der Waals surface area contributed by atoms with E-state index in [1.165, 1.54) is 11.8 Å². The third kappa shape index (κ3) is 2.64. The average Bonchev–Trinajstić information content (AvgIpc) is 2.50. The number of para-hydroxylation sites is 1. The fourth-order valence-electron chi connectivity index (χ4n) is 2.26. The lowest BCUT2D eigenvalue weighted by Gasteiger charge is -2.11. The molecule has 0 unspecified atom stereocenters. The molecule has 4 nitrogen and oxygen atoms in total. The van der Waals surface area contributed by atoms with Crippen molar-refractivity contribution in [2.24, 2.45) is 5.73 Å². The predicted octanol–water partition coefficient (Wildman–Crippen LogP) is 2.97. The van der Waals surface area contributed by atoms with E-state index < -0.39 is 0 Å². The fourth-order valence-corrected chi connectivity index (χ4v) is 3.19. The number of amides is 1. The number of carbonyl (C=O) groups excluding carboxylic acids is 1. The van der Waals surface area contributed by atoms with Crippen LogP contribution in [0.25, 0.3) is 21.8 Å². The molecule has 21 heavy (non-hydrogen) atoms. The third-order valence-corrected chi connectivity index (χ3v) is 4.35. The van der Waals surface area contributed by atoms with Crippen LogP contribution in [0.5, 0.6) is 5.75 Å². The molecule has 0 aliphatic rings. The van der Waals surface area contributed by atoms with Gasteiger partial charge < -0.3 is 10.5 Å². The van der Waals surface area contributed by atoms with E-state index in [-0.39, 0.29) is 11.7 Å². The Bertz CT molecular complexity index is 833. The maximum atomic E-state index is 11.1. The molecule has 0 fully saturated rings. The Kier molecular flexibility index (Phi) is 3.66. The third-order valence-electron chi connectivity index (χ3n) is 3.20. The minimum absolute atomic E-state index is 0.236. The van der Waals surface area contributed by atoms with Crippen LogP contribution in [0.3, 0.4) is 0 Å². The van der Waals surface area contributed by atoms with Crippen molar-refractivity contribution in [2.75, 3.05) is 12.9 Å². The molecule has 2 N–H and O–H groups in total. The molecular weight excluding hydrogens is 284 g/mol. The average molecular weight is 298 g/mol. The van der Waals surface area contributed by atoms with Gasteiger partial charge >= 0.3 is 0 Å². The largest absolute Gasteiger partial charge is 0.497 e. The zero-order valence-electron chi connectivity index (χ0n) is 11.5. The van der Waals surface area contributed by atoms with Crippen LogP contribution in [0.15, 0.2) is 47.4 Å². The second kappa shape index (κ2) is 5.61. The standard InChI is InChI=1S/C16H14N2O2S/c1-20-10-6-7-14-12(8-10)16(21-9-15(17)19)11-4-2-3-5-13(11)18-14/h2-8H,9H2,1H3,(H2,17,19). The van der Waals surface area contributed by atoms with Crippen LogP contribution < -0.4 is 10.5 Å². The number of fused-ring (bicyclic) bond motifs is 2. The molecule has 3 aromatic rings. The maximum Gasteiger partial charge on any atom is 0.227 e. The molecule has 0 aliphatic heterocycles. The van der Waals surface area contributed by atoms with Gasteiger partial charge in [-0.2, -0.15) is 0 Å². The van der Waals surface area contributed by atoms with Gasteiger partial charge in [-0.05, 0) is 24.3 Å². The van der Waals surface area contributed by atoms with Crippen LogP contribution in [0.4, 0.5) is 0 Å². The highest BCUT2D eigenvalue weighted by molar-refractivity contribution is 8.00. The first-order valence-electron chi connectivity index (χ1n) is 6.46. The highest BCUT2D eigenvalue weighted by atomic mass is 32.2. The number of primary amides is 1. The number of carbonyl (C=O) groups is 1. The van der Waals surface area contributed by atoms with Gasteiger partial charge in [0.2, 0.25) is 5.91 Å². The lowest BCUT2D eigenvalue weighted by atomic mass is 10.1. The second-order valence-electron chi connectivity index (χ2n) is 4.60. The molecule has 1 heterocycles. The van der Waals surface area contributed by atoms with Crippen LogP contribution in [0.2, 0.25) is 0 Å². The summed E-state index contributed by atoms with van der Waals surface area (Å²) in [5.41, 5.74) is 7.07. The number of nitrogens with zero attached hydrogens (tertiary/aromatic N) is 1. The highest BCUT2D eigenvalue weighted by Gasteiger charge is 2.11. The van der Waals surface area contributed by atoms with E-state index >= 15 is 0 Å². The highest BCUT2D eigenvalue weighted by Crippen LogP contribution is 2.35. The number of benzene rings is 2. The van der Waals surface area contributed by atoms with Gasteiger partial charge in [0.25, 0.3) is 0 Å². The number of ether oxygens (including phenoxy) is 1. The van der Waals surface area contributed by atoms with Gasteiger partial charge in [0.05, 0.1) is 23.9 Å². The van der Waals surface area contributed by atoms with Crippen molar-refractivity contribution in [2.45, 2.75) is 4.90 Å². The van der Waals surface area contributed by atoms with Crippen molar-refractivity contribution in [1.29, 1.82) is 0 Å². The molecule has 0 saturated heterocycles. The normalized spacial score (nSPS) is 10.9. The topological polar surface area (TPSA) is 65.2 Å². The lowest BCUT2D eigenvalue weighted by molar-refractivity contribution is -0.115. The Labute approximate surface area is 126 Å². The van der Waals surface area contributed by atoms with Crippen LogP contribution >= 0.6 is 11.8 Å². The summed E-state index contributed by atoms with van der Waals surface area (Å²) in [4.78, 5) is 16.8. The Hall–Kier alpha value is -2.27. The molecule has 1 amide bonds. The molecule has 2 aromatic carbocycles. The predicted molar refractivity (Wildman–Crippen MR) is 85.7 cm³/mol. The molecule has 0 aliphatic carbocycles. The smallest absolute Gasteiger partial charge is 0.227 e. The first-order chi connectivity index (χ1) is 10.2. The van der Waals surface area contributed by atoms with Gasteiger partial charge in [0.1, 0.15) is 5.75 Å². The molecule has 0 atom stereocenters. The van der Waals surface area contributed by atoms with Crippen molar-refractivity contribution < 1.29 is 9.53 Å². The SMILES string of the molecule is COc1ccc2nc3ccccc3c(SCC(N)=O)c2c1. The summed E-state index contributed by atoms with van der Waals surface area (Å²) in [6, 6.07) is 13.6. The van der Waals surface area contributed by atoms with E-state index in [2.05, 4.69) is 4.98 Å². The maximum absolute atomic E-state index is 11.1. The van der Waals surface area contributed by atoms with Gasteiger partial charge in [-0.3, -0.25) is 4.79 Å². The van der Waals surface area contributed by atoms with E-state index in [0.29, 0.717) is 0 Å². The minimum Gasteiger partial charge on any atom is -0.497 e. The van der Waals surface area contributed by atoms with E-state index in [0.717, 1.165) is 32.5 Å². The van der Waals surface area contributed by atoms with Crippen molar-refractivity contribution >= 4 is 39.5 Å². The number of thioether (sulfide) groups is 1. The molecule has 0 radical (unpaired) electrons. The van der Waals surface area contributed by atoms with Crippen molar-refractivity contribution in [3.63, 3.8) is 0 Å². The number of aromatic nitrogens is 1. The zero-order chi connectivity index (χ0) is 14.8. The van der Waals surface area contributed by atoms with Crippen molar-refractivity contribution in [3.8, 4) is 5.75 Å². The van der Waals surface area contributed by atoms with Crippen molar-refractivity contribution in [1.82, 2.24) is 4.98 Å². The molecule has 106 valence electrons. The number of methoxy groups -OCH3 is 1. The van der Waals surface area contributed by atoms with E-state index in [9.17, 15) is 4.79 Å². The Balaban J connectivity index is 2.30. The monoisotopic (exact) mass is 298 g/mol. The minimum atomic E-state index is -0.336. The summed E-state index contributed by atoms with van der Waals surface area (Å²) in [7, 11) is 1.63. The number of hydrogen-bond donors (Lipinski definition) is 1. The summed E-state index contributed by atoms with van der Waals surface area (Å²) in [5, 5.41) is 1.99. The Morgan fingerprint density at radius 1 is 1.19 bits per heavy atom. The number of nitrogens with two attached hydrogens (primary N) is 1. The summed E-state index contributed by atoms with van der Waals surface area (Å²) >= 11 is 1.44. The van der Waals surface area contributed by atoms with Gasteiger partial charge in [-0.1, -0.05) is 18.2 Å². The molecular formula is C16H14N2O2S. The van der Waals surface area contributed by atoms with Crippen LogP contribution in [-0.4, -0.2) is 23.8 Å². The van der Waals surface area contributed by atoms with E-state index in [1.807, 2.05) is 42.5 Å². The fraction of sp³-hybridized carbons (Fsp3) is 0.125. The summed E-state index contributed by atoms with van der Waals surface area (Å²) in [6.45, 7) is 0. The number of hydrogen-bond acceptors (Lipinski definition) is 4. The first kappa shape index (κ1) is 13.7.